The van der Waals surface area contributed by atoms with E-state index in [0.29, 0.717) is 43.7 Å². The average Bonchev–Trinajstić information content (AvgIpc) is 3.39. The Kier molecular flexibility index (Phi) is 7.21. The monoisotopic (exact) mass is 452 g/mol. The Hall–Kier alpha value is -1.80. The summed E-state index contributed by atoms with van der Waals surface area (Å²) < 4.78 is 26.1. The molecular weight excluding hydrogens is 419 g/mol. The van der Waals surface area contributed by atoms with E-state index in [1.807, 2.05) is 11.8 Å². The Morgan fingerprint density at radius 1 is 1.29 bits per heavy atom. The lowest BCUT2D eigenvalue weighted by Crippen LogP contribution is -2.44. The topological polar surface area (TPSA) is 66.9 Å². The zero-order chi connectivity index (χ0) is 22.8. The van der Waals surface area contributed by atoms with Crippen LogP contribution in [0.4, 0.5) is 4.39 Å². The number of amides is 2. The van der Waals surface area contributed by atoms with Gasteiger partial charge in [-0.1, -0.05) is 20.3 Å². The number of hydrogen-bond donors (Lipinski definition) is 0. The number of carbonyl (C=O) groups is 2. The quantitative estimate of drug-likeness (QED) is 0.594. The molecule has 8 heteroatoms. The van der Waals surface area contributed by atoms with Crippen molar-refractivity contribution in [1.82, 2.24) is 9.96 Å². The van der Waals surface area contributed by atoms with Crippen molar-refractivity contribution in [1.29, 1.82) is 0 Å². The first-order valence-corrected chi connectivity index (χ1v) is 12.1. The van der Waals surface area contributed by atoms with Crippen LogP contribution in [0.5, 0.6) is 0 Å². The molecule has 2 aliphatic rings. The number of likely N-dealkylation sites (tertiary alicyclic amines) is 1. The van der Waals surface area contributed by atoms with E-state index in [0.717, 1.165) is 12.8 Å². The van der Waals surface area contributed by atoms with Crippen LogP contribution in [0.2, 0.25) is 0 Å². The lowest BCUT2D eigenvalue weighted by atomic mass is 9.76. The van der Waals surface area contributed by atoms with Gasteiger partial charge in [0.2, 0.25) is 5.91 Å². The first-order valence-electron chi connectivity index (χ1n) is 10.9. The van der Waals surface area contributed by atoms with E-state index >= 15 is 0 Å². The minimum atomic E-state index is -1.29. The van der Waals surface area contributed by atoms with Gasteiger partial charge in [0.15, 0.2) is 0 Å². The van der Waals surface area contributed by atoms with Crippen LogP contribution in [-0.2, 0) is 25.2 Å². The van der Waals surface area contributed by atoms with E-state index in [1.54, 1.807) is 19.2 Å². The lowest BCUT2D eigenvalue weighted by Gasteiger charge is -2.35. The predicted octanol–water partition coefficient (Wildman–Crippen LogP) is 3.53. The molecule has 1 aliphatic carbocycles. The van der Waals surface area contributed by atoms with Crippen molar-refractivity contribution in [3.05, 3.63) is 30.1 Å². The van der Waals surface area contributed by atoms with Gasteiger partial charge in [-0.2, -0.15) is 0 Å². The molecule has 1 heterocycles. The van der Waals surface area contributed by atoms with Gasteiger partial charge in [-0.15, -0.1) is 0 Å². The normalized spacial score (nSPS) is 29.2. The Balaban J connectivity index is 1.73. The molecular formula is C23H33FN2O4S. The summed E-state index contributed by atoms with van der Waals surface area (Å²) in [6, 6.07) is 5.73. The maximum atomic E-state index is 13.7. The summed E-state index contributed by atoms with van der Waals surface area (Å²) in [5, 5.41) is 1.09. The molecule has 1 saturated heterocycles. The summed E-state index contributed by atoms with van der Waals surface area (Å²) in [4.78, 5) is 34.1. The van der Waals surface area contributed by atoms with Gasteiger partial charge in [0.1, 0.15) is 5.82 Å². The Bertz CT molecular complexity index is 848. The van der Waals surface area contributed by atoms with Crippen molar-refractivity contribution in [2.45, 2.75) is 62.5 Å². The van der Waals surface area contributed by atoms with Gasteiger partial charge >= 0.3 is 0 Å². The fourth-order valence-electron chi connectivity index (χ4n) is 5.25. The van der Waals surface area contributed by atoms with E-state index in [2.05, 4.69) is 6.92 Å². The molecule has 2 fully saturated rings. The zero-order valence-corrected chi connectivity index (χ0v) is 19.7. The van der Waals surface area contributed by atoms with E-state index in [-0.39, 0.29) is 22.9 Å². The first kappa shape index (κ1) is 23.9. The maximum absolute atomic E-state index is 13.7. The number of hydroxylamine groups is 2. The van der Waals surface area contributed by atoms with Crippen LogP contribution in [-0.4, -0.2) is 58.5 Å². The molecule has 1 aromatic carbocycles. The largest absolute Gasteiger partial charge is 0.341 e. The molecule has 1 saturated carbocycles. The van der Waals surface area contributed by atoms with E-state index < -0.39 is 21.6 Å². The minimum absolute atomic E-state index is 0.0737. The summed E-state index contributed by atoms with van der Waals surface area (Å²) >= 11 is 0. The molecule has 4 atom stereocenters. The van der Waals surface area contributed by atoms with Gasteiger partial charge in [-0.3, -0.25) is 18.6 Å². The van der Waals surface area contributed by atoms with Gasteiger partial charge in [0, 0.05) is 30.4 Å². The van der Waals surface area contributed by atoms with Gasteiger partial charge in [0.25, 0.3) is 5.91 Å². The van der Waals surface area contributed by atoms with Crippen LogP contribution in [0.25, 0.3) is 0 Å². The molecule has 2 amide bonds. The number of halogens is 1. The number of rotatable bonds is 7. The Morgan fingerprint density at radius 3 is 2.58 bits per heavy atom. The van der Waals surface area contributed by atoms with Crippen molar-refractivity contribution in [3.8, 4) is 0 Å². The van der Waals surface area contributed by atoms with Gasteiger partial charge in [0.05, 0.1) is 28.6 Å². The van der Waals surface area contributed by atoms with Crippen molar-refractivity contribution in [3.63, 3.8) is 0 Å². The van der Waals surface area contributed by atoms with Crippen molar-refractivity contribution < 1.29 is 23.0 Å². The molecule has 0 aromatic heterocycles. The van der Waals surface area contributed by atoms with Crippen molar-refractivity contribution in [2.24, 2.45) is 10.8 Å². The fraction of sp³-hybridized carbons (Fsp3) is 0.652. The molecule has 3 rings (SSSR count). The Morgan fingerprint density at radius 2 is 1.97 bits per heavy atom. The van der Waals surface area contributed by atoms with E-state index in [4.69, 9.17) is 4.84 Å². The van der Waals surface area contributed by atoms with Crippen LogP contribution >= 0.6 is 0 Å². The highest BCUT2D eigenvalue weighted by molar-refractivity contribution is 7.85. The van der Waals surface area contributed by atoms with Crippen LogP contribution in [0.3, 0.4) is 0 Å². The van der Waals surface area contributed by atoms with Gasteiger partial charge < -0.3 is 4.90 Å². The second kappa shape index (κ2) is 9.36. The summed E-state index contributed by atoms with van der Waals surface area (Å²) in [5.41, 5.74) is -1.20. The smallest absolute Gasteiger partial charge is 0.251 e. The third-order valence-corrected chi connectivity index (χ3v) is 8.65. The molecule has 3 unspecified atom stereocenters. The zero-order valence-electron chi connectivity index (χ0n) is 18.9. The van der Waals surface area contributed by atoms with Crippen LogP contribution in [0.1, 0.15) is 52.4 Å². The molecule has 0 N–H and O–H groups in total. The summed E-state index contributed by atoms with van der Waals surface area (Å²) in [7, 11) is 1.78. The van der Waals surface area contributed by atoms with E-state index in [9.17, 15) is 18.2 Å². The number of carbonyl (C=O) groups excluding carboxylic acids is 2. The molecule has 6 nitrogen and oxygen atoms in total. The lowest BCUT2D eigenvalue weighted by molar-refractivity contribution is -0.179. The number of hydrogen-bond acceptors (Lipinski definition) is 4. The summed E-state index contributed by atoms with van der Waals surface area (Å²) in [6.07, 6.45) is 4.05. The second-order valence-electron chi connectivity index (χ2n) is 9.17. The van der Waals surface area contributed by atoms with E-state index in [1.165, 1.54) is 24.3 Å². The highest BCUT2D eigenvalue weighted by atomic mass is 32.2. The summed E-state index contributed by atoms with van der Waals surface area (Å²) in [6.45, 7) is 4.97. The molecule has 0 spiro atoms. The number of benzene rings is 1. The van der Waals surface area contributed by atoms with Crippen LogP contribution < -0.4 is 0 Å². The molecule has 0 bridgehead atoms. The third-order valence-electron chi connectivity index (χ3n) is 6.92. The molecule has 0 radical (unpaired) electrons. The third kappa shape index (κ3) is 4.70. The van der Waals surface area contributed by atoms with Crippen molar-refractivity contribution in [2.75, 3.05) is 27.2 Å². The van der Waals surface area contributed by atoms with Crippen molar-refractivity contribution >= 4 is 22.6 Å². The SMILES string of the molecule is CCCC1(C(=O)N2CC[C@H](S(=O)c3ccc(F)cc3)C2)CCC(C)(C(=O)N(C)OC)C1. The second-order valence-corrected chi connectivity index (χ2v) is 10.9. The molecule has 172 valence electrons. The van der Waals surface area contributed by atoms with Crippen LogP contribution in [0, 0.1) is 16.6 Å². The van der Waals surface area contributed by atoms with Gasteiger partial charge in [-0.05, 0) is 56.4 Å². The predicted molar refractivity (Wildman–Crippen MR) is 117 cm³/mol. The maximum Gasteiger partial charge on any atom is 0.251 e. The Labute approximate surface area is 186 Å². The van der Waals surface area contributed by atoms with Crippen LogP contribution in [0.15, 0.2) is 29.2 Å². The molecule has 31 heavy (non-hydrogen) atoms. The highest BCUT2D eigenvalue weighted by Crippen LogP contribution is 2.53. The molecule has 1 aromatic rings. The summed E-state index contributed by atoms with van der Waals surface area (Å²) in [5.74, 6) is -0.384. The molecule has 1 aliphatic heterocycles. The minimum Gasteiger partial charge on any atom is -0.341 e. The van der Waals surface area contributed by atoms with Gasteiger partial charge in [-0.25, -0.2) is 9.45 Å². The highest BCUT2D eigenvalue weighted by Gasteiger charge is 2.55. The average molecular weight is 453 g/mol. The first-order chi connectivity index (χ1) is 14.7. The fourth-order valence-corrected chi connectivity index (χ4v) is 6.67. The number of nitrogens with zero attached hydrogens (tertiary/aromatic N) is 2. The standard InChI is InChI=1S/C23H33FN2O4S/c1-5-11-23(13-12-22(2,16-23)20(27)25(3)30-4)21(28)26-14-10-19(15-26)31(29)18-8-6-17(24)7-9-18/h6-9,19H,5,10-16H2,1-4H3/t19-,22?,23?,31?/m0/s1.